The third-order valence-corrected chi connectivity index (χ3v) is 3.89. The standard InChI is InChI=1S/C12H17N3O2S/c1-10(9-15(2)3)14-18(16,17)12-6-4-11(8-13)5-7-12/h4-7,10,14H,9H2,1-3H3. The Labute approximate surface area is 108 Å². The largest absolute Gasteiger partial charge is 0.308 e. The maximum atomic E-state index is 12.0. The molecule has 0 aromatic heterocycles. The number of hydrogen-bond donors (Lipinski definition) is 1. The zero-order valence-electron chi connectivity index (χ0n) is 10.7. The van der Waals surface area contributed by atoms with Crippen LogP contribution in [0.15, 0.2) is 29.2 Å². The number of hydrogen-bond acceptors (Lipinski definition) is 4. The van der Waals surface area contributed by atoms with Crippen LogP contribution in [-0.4, -0.2) is 40.0 Å². The van der Waals surface area contributed by atoms with E-state index in [4.69, 9.17) is 5.26 Å². The lowest BCUT2D eigenvalue weighted by molar-refractivity contribution is 0.370. The molecule has 0 aliphatic heterocycles. The van der Waals surface area contributed by atoms with Gasteiger partial charge < -0.3 is 4.90 Å². The van der Waals surface area contributed by atoms with Crippen LogP contribution in [0.4, 0.5) is 0 Å². The fourth-order valence-electron chi connectivity index (χ4n) is 1.63. The molecule has 1 unspecified atom stereocenters. The molecule has 0 radical (unpaired) electrons. The van der Waals surface area contributed by atoms with E-state index in [1.54, 1.807) is 6.92 Å². The third-order valence-electron chi connectivity index (χ3n) is 2.29. The van der Waals surface area contributed by atoms with E-state index in [1.807, 2.05) is 25.1 Å². The normalized spacial score (nSPS) is 13.3. The molecule has 6 heteroatoms. The second-order valence-electron chi connectivity index (χ2n) is 4.42. The Morgan fingerprint density at radius 1 is 1.33 bits per heavy atom. The third kappa shape index (κ3) is 4.11. The molecule has 0 bridgehead atoms. The highest BCUT2D eigenvalue weighted by molar-refractivity contribution is 7.89. The summed E-state index contributed by atoms with van der Waals surface area (Å²) in [5.41, 5.74) is 0.440. The van der Waals surface area contributed by atoms with Crippen molar-refractivity contribution in [3.8, 4) is 6.07 Å². The topological polar surface area (TPSA) is 73.2 Å². The molecule has 0 heterocycles. The van der Waals surface area contributed by atoms with Gasteiger partial charge in [-0.1, -0.05) is 0 Å². The summed E-state index contributed by atoms with van der Waals surface area (Å²) in [6, 6.07) is 7.62. The first-order chi connectivity index (χ1) is 8.35. The minimum atomic E-state index is -3.52. The molecule has 0 aliphatic carbocycles. The van der Waals surface area contributed by atoms with Gasteiger partial charge in [0.2, 0.25) is 10.0 Å². The van der Waals surface area contributed by atoms with E-state index < -0.39 is 10.0 Å². The smallest absolute Gasteiger partial charge is 0.240 e. The highest BCUT2D eigenvalue weighted by Crippen LogP contribution is 2.10. The zero-order valence-corrected chi connectivity index (χ0v) is 11.5. The Hall–Kier alpha value is -1.42. The highest BCUT2D eigenvalue weighted by atomic mass is 32.2. The van der Waals surface area contributed by atoms with E-state index in [0.717, 1.165) is 0 Å². The van der Waals surface area contributed by atoms with Crippen molar-refractivity contribution in [2.45, 2.75) is 17.9 Å². The van der Waals surface area contributed by atoms with Crippen LogP contribution in [0.2, 0.25) is 0 Å². The molecule has 0 saturated heterocycles. The molecule has 0 spiro atoms. The van der Waals surface area contributed by atoms with E-state index in [0.29, 0.717) is 12.1 Å². The van der Waals surface area contributed by atoms with Crippen molar-refractivity contribution >= 4 is 10.0 Å². The predicted octanol–water partition coefficient (Wildman–Crippen LogP) is 0.787. The van der Waals surface area contributed by atoms with Gasteiger partial charge in [-0.15, -0.1) is 0 Å². The summed E-state index contributed by atoms with van der Waals surface area (Å²) in [5.74, 6) is 0. The summed E-state index contributed by atoms with van der Waals surface area (Å²) in [7, 11) is 0.247. The molecule has 18 heavy (non-hydrogen) atoms. The van der Waals surface area contributed by atoms with Crippen molar-refractivity contribution in [2.75, 3.05) is 20.6 Å². The van der Waals surface area contributed by atoms with Crippen molar-refractivity contribution in [3.05, 3.63) is 29.8 Å². The van der Waals surface area contributed by atoms with Gasteiger partial charge in [-0.2, -0.15) is 5.26 Å². The van der Waals surface area contributed by atoms with Gasteiger partial charge in [0, 0.05) is 12.6 Å². The van der Waals surface area contributed by atoms with E-state index in [2.05, 4.69) is 4.72 Å². The van der Waals surface area contributed by atoms with Crippen LogP contribution >= 0.6 is 0 Å². The molecule has 0 fully saturated rings. The summed E-state index contributed by atoms with van der Waals surface area (Å²) in [5, 5.41) is 8.66. The number of nitrogens with zero attached hydrogens (tertiary/aromatic N) is 2. The highest BCUT2D eigenvalue weighted by Gasteiger charge is 2.17. The van der Waals surface area contributed by atoms with Gasteiger partial charge >= 0.3 is 0 Å². The summed E-state index contributed by atoms with van der Waals surface area (Å²) in [6.07, 6.45) is 0. The van der Waals surface area contributed by atoms with Gasteiger partial charge in [0.15, 0.2) is 0 Å². The van der Waals surface area contributed by atoms with Gasteiger partial charge in [-0.05, 0) is 45.3 Å². The lowest BCUT2D eigenvalue weighted by Gasteiger charge is -2.18. The molecule has 1 N–H and O–H groups in total. The number of likely N-dealkylation sites (N-methyl/N-ethyl adjacent to an activating group) is 1. The second kappa shape index (κ2) is 5.96. The molecule has 1 aromatic rings. The molecule has 1 atom stereocenters. The summed E-state index contributed by atoms with van der Waals surface area (Å²) in [6.45, 7) is 2.43. The van der Waals surface area contributed by atoms with Crippen molar-refractivity contribution in [3.63, 3.8) is 0 Å². The monoisotopic (exact) mass is 267 g/mol. The molecule has 0 saturated carbocycles. The first-order valence-corrected chi connectivity index (χ1v) is 7.00. The van der Waals surface area contributed by atoms with Crippen molar-refractivity contribution in [1.82, 2.24) is 9.62 Å². The van der Waals surface area contributed by atoms with Gasteiger partial charge in [0.05, 0.1) is 16.5 Å². The second-order valence-corrected chi connectivity index (χ2v) is 6.13. The van der Waals surface area contributed by atoms with E-state index >= 15 is 0 Å². The lowest BCUT2D eigenvalue weighted by Crippen LogP contribution is -2.39. The van der Waals surface area contributed by atoms with Gasteiger partial charge in [-0.25, -0.2) is 13.1 Å². The Morgan fingerprint density at radius 3 is 2.33 bits per heavy atom. The van der Waals surface area contributed by atoms with Crippen molar-refractivity contribution in [2.24, 2.45) is 0 Å². The van der Waals surface area contributed by atoms with Gasteiger partial charge in [0.25, 0.3) is 0 Å². The molecule has 0 aliphatic rings. The molecule has 98 valence electrons. The van der Waals surface area contributed by atoms with Crippen LogP contribution in [0.5, 0.6) is 0 Å². The molecule has 0 amide bonds. The minimum Gasteiger partial charge on any atom is -0.308 e. The Morgan fingerprint density at radius 2 is 1.89 bits per heavy atom. The molecule has 5 nitrogen and oxygen atoms in total. The number of rotatable bonds is 5. The van der Waals surface area contributed by atoms with Crippen LogP contribution in [0.25, 0.3) is 0 Å². The van der Waals surface area contributed by atoms with Gasteiger partial charge in [-0.3, -0.25) is 0 Å². The van der Waals surface area contributed by atoms with E-state index in [-0.39, 0.29) is 10.9 Å². The molecular formula is C12H17N3O2S. The number of nitrogens with one attached hydrogen (secondary N) is 1. The molecule has 1 aromatic carbocycles. The number of sulfonamides is 1. The van der Waals surface area contributed by atoms with E-state index in [1.165, 1.54) is 24.3 Å². The SMILES string of the molecule is CC(CN(C)C)NS(=O)(=O)c1ccc(C#N)cc1. The zero-order chi connectivity index (χ0) is 13.8. The van der Waals surface area contributed by atoms with Crippen LogP contribution in [0.1, 0.15) is 12.5 Å². The number of benzene rings is 1. The van der Waals surface area contributed by atoms with Crippen molar-refractivity contribution in [1.29, 1.82) is 5.26 Å². The summed E-state index contributed by atoms with van der Waals surface area (Å²) < 4.78 is 26.6. The van der Waals surface area contributed by atoms with Crippen LogP contribution in [0.3, 0.4) is 0 Å². The predicted molar refractivity (Wildman–Crippen MR) is 69.5 cm³/mol. The van der Waals surface area contributed by atoms with Crippen molar-refractivity contribution < 1.29 is 8.42 Å². The first-order valence-electron chi connectivity index (χ1n) is 5.52. The average Bonchev–Trinajstić information content (AvgIpc) is 2.27. The quantitative estimate of drug-likeness (QED) is 0.856. The minimum absolute atomic E-state index is 0.173. The maximum absolute atomic E-state index is 12.0. The van der Waals surface area contributed by atoms with Gasteiger partial charge in [0.1, 0.15) is 0 Å². The fraction of sp³-hybridized carbons (Fsp3) is 0.417. The Kier molecular flexibility index (Phi) is 4.84. The first kappa shape index (κ1) is 14.6. The lowest BCUT2D eigenvalue weighted by atomic mass is 10.2. The Balaban J connectivity index is 2.83. The molecular weight excluding hydrogens is 250 g/mol. The Bertz CT molecular complexity index is 529. The van der Waals surface area contributed by atoms with E-state index in [9.17, 15) is 8.42 Å². The number of nitriles is 1. The summed E-state index contributed by atoms with van der Waals surface area (Å²) >= 11 is 0. The van der Waals surface area contributed by atoms with Crippen LogP contribution in [0, 0.1) is 11.3 Å². The maximum Gasteiger partial charge on any atom is 0.240 e. The van der Waals surface area contributed by atoms with Crippen LogP contribution in [-0.2, 0) is 10.0 Å². The fourth-order valence-corrected chi connectivity index (χ4v) is 2.86. The molecule has 1 rings (SSSR count). The van der Waals surface area contributed by atoms with Crippen LogP contribution < -0.4 is 4.72 Å². The average molecular weight is 267 g/mol. The summed E-state index contributed by atoms with van der Waals surface area (Å²) in [4.78, 5) is 2.08.